The molecule has 2 aliphatic heterocycles. The monoisotopic (exact) mass is 445 g/mol. The maximum Gasteiger partial charge on any atom is 0.242 e. The Balaban J connectivity index is 1.61. The highest BCUT2D eigenvalue weighted by atomic mass is 16.5. The third-order valence-electron chi connectivity index (χ3n) is 4.97. The number of nitrogens with zero attached hydrogens (tertiary/aromatic N) is 2. The van der Waals surface area contributed by atoms with Gasteiger partial charge in [-0.2, -0.15) is 0 Å². The maximum absolute atomic E-state index is 12.2. The Kier molecular flexibility index (Phi) is 8.19. The van der Waals surface area contributed by atoms with E-state index in [1.54, 1.807) is 0 Å². The molecule has 3 rings (SSSR count). The number of rotatable bonds is 7. The first kappa shape index (κ1) is 23.7. The van der Waals surface area contributed by atoms with Gasteiger partial charge in [0.1, 0.15) is 6.54 Å². The summed E-state index contributed by atoms with van der Waals surface area (Å²) in [6.07, 6.45) is 3.22. The molecule has 0 aliphatic carbocycles. The van der Waals surface area contributed by atoms with Crippen LogP contribution in [0.2, 0.25) is 0 Å². The fourth-order valence-electron chi connectivity index (χ4n) is 3.54. The van der Waals surface area contributed by atoms with Crippen molar-refractivity contribution in [2.75, 3.05) is 44.7 Å². The molecule has 0 radical (unpaired) electrons. The quantitative estimate of drug-likeness (QED) is 0.337. The van der Waals surface area contributed by atoms with Gasteiger partial charge in [0.15, 0.2) is 17.5 Å². The van der Waals surface area contributed by atoms with Crippen molar-refractivity contribution < 1.29 is 19.1 Å². The molecule has 0 atom stereocenters. The van der Waals surface area contributed by atoms with E-state index >= 15 is 0 Å². The largest absolute Gasteiger partial charge is 0.490 e. The number of likely N-dealkylation sites (tertiary alicyclic amines) is 1. The van der Waals surface area contributed by atoms with Crippen molar-refractivity contribution in [3.8, 4) is 11.5 Å². The molecular formula is C23H35N5O4. The average molecular weight is 446 g/mol. The average Bonchev–Trinajstić information content (AvgIpc) is 2.99. The fourth-order valence-corrected chi connectivity index (χ4v) is 3.54. The zero-order chi connectivity index (χ0) is 23.0. The molecule has 1 fully saturated rings. The number of fused-ring (bicyclic) bond motifs is 1. The van der Waals surface area contributed by atoms with Crippen molar-refractivity contribution in [2.24, 2.45) is 4.99 Å². The summed E-state index contributed by atoms with van der Waals surface area (Å²) in [4.78, 5) is 30.4. The van der Waals surface area contributed by atoms with E-state index < -0.39 is 0 Å². The molecule has 2 aliphatic rings. The minimum absolute atomic E-state index is 0.00175. The van der Waals surface area contributed by atoms with E-state index in [0.29, 0.717) is 44.4 Å². The molecule has 1 saturated heterocycles. The van der Waals surface area contributed by atoms with Crippen LogP contribution in [0.5, 0.6) is 11.5 Å². The maximum atomic E-state index is 12.2. The van der Waals surface area contributed by atoms with Crippen molar-refractivity contribution in [3.63, 3.8) is 0 Å². The summed E-state index contributed by atoms with van der Waals surface area (Å²) in [6, 6.07) is 5.63. The Morgan fingerprint density at radius 2 is 1.94 bits per heavy atom. The van der Waals surface area contributed by atoms with Crippen LogP contribution in [0.25, 0.3) is 0 Å². The van der Waals surface area contributed by atoms with Crippen LogP contribution >= 0.6 is 0 Å². The number of anilines is 1. The molecule has 2 heterocycles. The lowest BCUT2D eigenvalue weighted by molar-refractivity contribution is -0.127. The number of carbonyl (C=O) groups is 2. The minimum Gasteiger partial charge on any atom is -0.490 e. The fraction of sp³-hybridized carbons (Fsp3) is 0.609. The first-order valence-corrected chi connectivity index (χ1v) is 11.3. The lowest BCUT2D eigenvalue weighted by Gasteiger charge is -2.20. The van der Waals surface area contributed by atoms with E-state index in [1.165, 1.54) is 0 Å². The third-order valence-corrected chi connectivity index (χ3v) is 4.97. The number of aliphatic imine (C=N–C) groups is 1. The van der Waals surface area contributed by atoms with E-state index in [2.05, 4.69) is 20.9 Å². The lowest BCUT2D eigenvalue weighted by Crippen LogP contribution is -2.42. The van der Waals surface area contributed by atoms with Gasteiger partial charge in [-0.25, -0.2) is 4.99 Å². The summed E-state index contributed by atoms with van der Waals surface area (Å²) in [5, 5.41) is 9.43. The molecule has 0 saturated carbocycles. The number of nitrogens with one attached hydrogen (secondary N) is 3. The van der Waals surface area contributed by atoms with E-state index in [4.69, 9.17) is 9.47 Å². The Hall–Kier alpha value is -2.97. The second-order valence-electron chi connectivity index (χ2n) is 9.06. The standard InChI is InChI=1S/C23H35N5O4/c1-23(2,3)27-20(29)16-25-22(24-10-5-12-28-11-4-7-21(28)30)26-17-8-9-18-19(15-17)32-14-6-13-31-18/h8-9,15H,4-7,10-14,16H2,1-3H3,(H,27,29)(H2,24,25,26). The smallest absolute Gasteiger partial charge is 0.242 e. The third kappa shape index (κ3) is 7.62. The van der Waals surface area contributed by atoms with Crippen LogP contribution in [0.15, 0.2) is 23.2 Å². The predicted molar refractivity (Wildman–Crippen MR) is 124 cm³/mol. The summed E-state index contributed by atoms with van der Waals surface area (Å²) in [5.74, 6) is 1.98. The van der Waals surface area contributed by atoms with Gasteiger partial charge in [0.25, 0.3) is 0 Å². The summed E-state index contributed by atoms with van der Waals surface area (Å²) in [7, 11) is 0. The second kappa shape index (κ2) is 11.1. The molecule has 3 N–H and O–H groups in total. The second-order valence-corrected chi connectivity index (χ2v) is 9.06. The lowest BCUT2D eigenvalue weighted by atomic mass is 10.1. The van der Waals surface area contributed by atoms with Crippen LogP contribution in [-0.2, 0) is 9.59 Å². The Morgan fingerprint density at radius 1 is 1.16 bits per heavy atom. The molecule has 176 valence electrons. The summed E-state index contributed by atoms with van der Waals surface area (Å²) >= 11 is 0. The van der Waals surface area contributed by atoms with Gasteiger partial charge in [0, 0.05) is 49.8 Å². The minimum atomic E-state index is -0.315. The number of guanidine groups is 1. The van der Waals surface area contributed by atoms with Crippen molar-refractivity contribution in [3.05, 3.63) is 18.2 Å². The summed E-state index contributed by atoms with van der Waals surface area (Å²) in [6.45, 7) is 9.23. The van der Waals surface area contributed by atoms with Gasteiger partial charge in [-0.15, -0.1) is 0 Å². The number of ether oxygens (including phenoxy) is 2. The molecule has 0 aromatic heterocycles. The molecular weight excluding hydrogens is 410 g/mol. The molecule has 32 heavy (non-hydrogen) atoms. The summed E-state index contributed by atoms with van der Waals surface area (Å²) in [5.41, 5.74) is 0.469. The number of hydrogen-bond donors (Lipinski definition) is 3. The zero-order valence-corrected chi connectivity index (χ0v) is 19.3. The number of hydrogen-bond acceptors (Lipinski definition) is 5. The normalized spacial score (nSPS) is 16.5. The number of amides is 2. The van der Waals surface area contributed by atoms with Gasteiger partial charge in [-0.1, -0.05) is 0 Å². The van der Waals surface area contributed by atoms with E-state index in [1.807, 2.05) is 43.9 Å². The van der Waals surface area contributed by atoms with Crippen molar-refractivity contribution in [1.29, 1.82) is 0 Å². The highest BCUT2D eigenvalue weighted by Crippen LogP contribution is 2.32. The molecule has 0 bridgehead atoms. The highest BCUT2D eigenvalue weighted by molar-refractivity contribution is 5.95. The van der Waals surface area contributed by atoms with Crippen molar-refractivity contribution in [1.82, 2.24) is 15.5 Å². The number of benzene rings is 1. The van der Waals surface area contributed by atoms with E-state index in [9.17, 15) is 9.59 Å². The Labute approximate surface area is 189 Å². The van der Waals surface area contributed by atoms with Crippen LogP contribution in [0.3, 0.4) is 0 Å². The van der Waals surface area contributed by atoms with Crippen LogP contribution in [0.1, 0.15) is 46.5 Å². The zero-order valence-electron chi connectivity index (χ0n) is 19.3. The molecule has 1 aromatic carbocycles. The topological polar surface area (TPSA) is 104 Å². The first-order chi connectivity index (χ1) is 15.3. The highest BCUT2D eigenvalue weighted by Gasteiger charge is 2.19. The van der Waals surface area contributed by atoms with Gasteiger partial charge in [0.05, 0.1) is 13.2 Å². The van der Waals surface area contributed by atoms with Gasteiger partial charge in [0.2, 0.25) is 11.8 Å². The molecule has 9 nitrogen and oxygen atoms in total. The van der Waals surface area contributed by atoms with Crippen molar-refractivity contribution >= 4 is 23.5 Å². The van der Waals surface area contributed by atoms with Gasteiger partial charge < -0.3 is 30.3 Å². The molecule has 1 aromatic rings. The van der Waals surface area contributed by atoms with Crippen LogP contribution < -0.4 is 25.4 Å². The summed E-state index contributed by atoms with van der Waals surface area (Å²) < 4.78 is 11.4. The van der Waals surface area contributed by atoms with Crippen LogP contribution in [0, 0.1) is 0 Å². The van der Waals surface area contributed by atoms with E-state index in [0.717, 1.165) is 37.2 Å². The molecule has 0 spiro atoms. The Bertz CT molecular complexity index is 834. The van der Waals surface area contributed by atoms with Gasteiger partial charge in [-0.3, -0.25) is 9.59 Å². The van der Waals surface area contributed by atoms with Crippen molar-refractivity contribution in [2.45, 2.75) is 52.0 Å². The molecule has 0 unspecified atom stereocenters. The van der Waals surface area contributed by atoms with E-state index in [-0.39, 0.29) is 23.9 Å². The molecule has 2 amide bonds. The van der Waals surface area contributed by atoms with Gasteiger partial charge >= 0.3 is 0 Å². The Morgan fingerprint density at radius 3 is 2.66 bits per heavy atom. The number of carbonyl (C=O) groups excluding carboxylic acids is 2. The van der Waals surface area contributed by atoms with Crippen LogP contribution in [-0.4, -0.2) is 67.6 Å². The predicted octanol–water partition coefficient (Wildman–Crippen LogP) is 2.13. The van der Waals surface area contributed by atoms with Gasteiger partial charge in [-0.05, 0) is 45.7 Å². The first-order valence-electron chi connectivity index (χ1n) is 11.3. The molecule has 9 heteroatoms. The SMILES string of the molecule is CC(C)(C)NC(=O)CN=C(NCCCN1CCCC1=O)Nc1ccc2c(c1)OCCCO2. The van der Waals surface area contributed by atoms with Crippen LogP contribution in [0.4, 0.5) is 5.69 Å².